The van der Waals surface area contributed by atoms with Crippen LogP contribution in [0.4, 0.5) is 18.9 Å². The molecule has 1 aromatic rings. The maximum atomic E-state index is 12.2. The van der Waals surface area contributed by atoms with Gasteiger partial charge in [0.05, 0.1) is 11.3 Å². The fraction of sp³-hybridized carbons (Fsp3) is 0.300. The lowest BCUT2D eigenvalue weighted by Crippen LogP contribution is -2.23. The van der Waals surface area contributed by atoms with Crippen molar-refractivity contribution in [3.63, 3.8) is 0 Å². The molecule has 1 aromatic carbocycles. The quantitative estimate of drug-likeness (QED) is 0.886. The SMILES string of the molecule is CN(C)c1cccc(C(N)=O)c1OC(F)(F)F. The predicted octanol–water partition coefficient (Wildman–Crippen LogP) is 1.75. The lowest BCUT2D eigenvalue weighted by molar-refractivity contribution is -0.274. The van der Waals surface area contributed by atoms with Gasteiger partial charge in [-0.2, -0.15) is 0 Å². The van der Waals surface area contributed by atoms with E-state index in [-0.39, 0.29) is 11.3 Å². The summed E-state index contributed by atoms with van der Waals surface area (Å²) in [5, 5.41) is 0. The zero-order chi connectivity index (χ0) is 13.2. The van der Waals surface area contributed by atoms with Gasteiger partial charge in [0.25, 0.3) is 5.91 Å². The maximum Gasteiger partial charge on any atom is 0.573 e. The number of rotatable bonds is 3. The van der Waals surface area contributed by atoms with E-state index in [1.165, 1.54) is 37.2 Å². The van der Waals surface area contributed by atoms with Crippen LogP contribution in [0.1, 0.15) is 10.4 Å². The van der Waals surface area contributed by atoms with Crippen molar-refractivity contribution in [2.45, 2.75) is 6.36 Å². The van der Waals surface area contributed by atoms with E-state index in [2.05, 4.69) is 4.74 Å². The average molecular weight is 248 g/mol. The smallest absolute Gasteiger partial charge is 0.403 e. The Morgan fingerprint density at radius 2 is 1.94 bits per heavy atom. The number of nitrogens with zero attached hydrogens (tertiary/aromatic N) is 1. The minimum absolute atomic E-state index is 0.124. The predicted molar refractivity (Wildman–Crippen MR) is 56.0 cm³/mol. The van der Waals surface area contributed by atoms with Gasteiger partial charge >= 0.3 is 6.36 Å². The van der Waals surface area contributed by atoms with Crippen LogP contribution in [-0.2, 0) is 0 Å². The van der Waals surface area contributed by atoms with Crippen molar-refractivity contribution in [2.75, 3.05) is 19.0 Å². The van der Waals surface area contributed by atoms with Crippen LogP contribution in [0.25, 0.3) is 0 Å². The van der Waals surface area contributed by atoms with E-state index in [1.807, 2.05) is 0 Å². The molecule has 1 amide bonds. The van der Waals surface area contributed by atoms with Gasteiger partial charge in [0, 0.05) is 14.1 Å². The average Bonchev–Trinajstić information content (AvgIpc) is 2.14. The second-order valence-electron chi connectivity index (χ2n) is 3.46. The first-order chi connectivity index (χ1) is 7.72. The van der Waals surface area contributed by atoms with Gasteiger partial charge in [0.2, 0.25) is 0 Å². The summed E-state index contributed by atoms with van der Waals surface area (Å²) < 4.78 is 40.6. The Labute approximate surface area is 95.8 Å². The molecule has 7 heteroatoms. The van der Waals surface area contributed by atoms with E-state index in [9.17, 15) is 18.0 Å². The largest absolute Gasteiger partial charge is 0.573 e. The Morgan fingerprint density at radius 1 is 1.35 bits per heavy atom. The first kappa shape index (κ1) is 13.1. The molecule has 17 heavy (non-hydrogen) atoms. The van der Waals surface area contributed by atoms with Gasteiger partial charge in [0.1, 0.15) is 0 Å². The van der Waals surface area contributed by atoms with E-state index in [4.69, 9.17) is 5.73 Å². The summed E-state index contributed by atoms with van der Waals surface area (Å²) in [4.78, 5) is 12.4. The van der Waals surface area contributed by atoms with Gasteiger partial charge in [0.15, 0.2) is 5.75 Å². The van der Waals surface area contributed by atoms with Gasteiger partial charge in [-0.3, -0.25) is 4.79 Å². The molecular weight excluding hydrogens is 237 g/mol. The normalized spacial score (nSPS) is 11.1. The number of carbonyl (C=O) groups excluding carboxylic acids is 1. The van der Waals surface area contributed by atoms with Crippen molar-refractivity contribution in [2.24, 2.45) is 5.73 Å². The number of ether oxygens (including phenoxy) is 1. The standard InChI is InChI=1S/C10H11F3N2O2/c1-15(2)7-5-3-4-6(9(14)16)8(7)17-10(11,12)13/h3-5H,1-2H3,(H2,14,16). The van der Waals surface area contributed by atoms with Crippen LogP contribution in [-0.4, -0.2) is 26.4 Å². The maximum absolute atomic E-state index is 12.2. The van der Waals surface area contributed by atoms with Crippen molar-refractivity contribution in [1.82, 2.24) is 0 Å². The van der Waals surface area contributed by atoms with Crippen LogP contribution >= 0.6 is 0 Å². The molecule has 2 N–H and O–H groups in total. The van der Waals surface area contributed by atoms with Crippen molar-refractivity contribution in [1.29, 1.82) is 0 Å². The lowest BCUT2D eigenvalue weighted by atomic mass is 10.1. The van der Waals surface area contributed by atoms with Gasteiger partial charge in [-0.25, -0.2) is 0 Å². The number of amides is 1. The van der Waals surface area contributed by atoms with Crippen molar-refractivity contribution >= 4 is 11.6 Å². The Kier molecular flexibility index (Phi) is 3.50. The number of primary amides is 1. The molecule has 0 atom stereocenters. The van der Waals surface area contributed by atoms with Crippen LogP contribution in [0.5, 0.6) is 5.75 Å². The van der Waals surface area contributed by atoms with Crippen molar-refractivity contribution in [3.05, 3.63) is 23.8 Å². The molecule has 0 spiro atoms. The van der Waals surface area contributed by atoms with Crippen LogP contribution < -0.4 is 15.4 Å². The molecule has 0 fully saturated rings. The molecule has 0 aliphatic heterocycles. The van der Waals surface area contributed by atoms with E-state index in [0.717, 1.165) is 0 Å². The molecule has 0 heterocycles. The number of alkyl halides is 3. The summed E-state index contributed by atoms with van der Waals surface area (Å²) in [6, 6.07) is 4.00. The molecule has 0 aliphatic rings. The molecule has 0 aromatic heterocycles. The summed E-state index contributed by atoms with van der Waals surface area (Å²) in [7, 11) is 3.06. The number of hydrogen-bond acceptors (Lipinski definition) is 3. The first-order valence-corrected chi connectivity index (χ1v) is 4.58. The minimum Gasteiger partial charge on any atom is -0.403 e. The van der Waals surface area contributed by atoms with Crippen LogP contribution in [0, 0.1) is 0 Å². The van der Waals surface area contributed by atoms with Crippen molar-refractivity contribution in [3.8, 4) is 5.75 Å². The molecule has 0 radical (unpaired) electrons. The Bertz CT molecular complexity index is 430. The molecule has 0 saturated heterocycles. The van der Waals surface area contributed by atoms with E-state index < -0.39 is 18.0 Å². The van der Waals surface area contributed by atoms with Crippen LogP contribution in [0.3, 0.4) is 0 Å². The minimum atomic E-state index is -4.88. The second kappa shape index (κ2) is 4.52. The van der Waals surface area contributed by atoms with Gasteiger partial charge in [-0.05, 0) is 12.1 Å². The Morgan fingerprint density at radius 3 is 2.35 bits per heavy atom. The Hall–Kier alpha value is -1.92. The zero-order valence-electron chi connectivity index (χ0n) is 9.21. The molecule has 0 unspecified atom stereocenters. The molecule has 0 saturated carbocycles. The zero-order valence-corrected chi connectivity index (χ0v) is 9.21. The fourth-order valence-electron chi connectivity index (χ4n) is 1.29. The number of hydrogen-bond donors (Lipinski definition) is 1. The van der Waals surface area contributed by atoms with Gasteiger partial charge in [-0.15, -0.1) is 13.2 Å². The number of anilines is 1. The summed E-state index contributed by atoms with van der Waals surface area (Å²) in [5.74, 6) is -1.56. The highest BCUT2D eigenvalue weighted by Crippen LogP contribution is 2.35. The third-order valence-electron chi connectivity index (χ3n) is 1.96. The number of nitrogens with two attached hydrogens (primary N) is 1. The van der Waals surface area contributed by atoms with E-state index in [1.54, 1.807) is 0 Å². The van der Waals surface area contributed by atoms with Crippen molar-refractivity contribution < 1.29 is 22.7 Å². The number of benzene rings is 1. The monoisotopic (exact) mass is 248 g/mol. The van der Waals surface area contributed by atoms with Crippen LogP contribution in [0.2, 0.25) is 0 Å². The van der Waals surface area contributed by atoms with E-state index >= 15 is 0 Å². The summed E-state index contributed by atoms with van der Waals surface area (Å²) in [6.07, 6.45) is -4.88. The number of carbonyl (C=O) groups is 1. The third kappa shape index (κ3) is 3.27. The number of halogens is 3. The van der Waals surface area contributed by atoms with Gasteiger partial charge < -0.3 is 15.4 Å². The third-order valence-corrected chi connectivity index (χ3v) is 1.96. The molecule has 0 bridgehead atoms. The molecule has 0 aliphatic carbocycles. The Balaban J connectivity index is 3.34. The highest BCUT2D eigenvalue weighted by Gasteiger charge is 2.34. The highest BCUT2D eigenvalue weighted by molar-refractivity contribution is 5.97. The number of para-hydroxylation sites is 1. The lowest BCUT2D eigenvalue weighted by Gasteiger charge is -2.20. The highest BCUT2D eigenvalue weighted by atomic mass is 19.4. The van der Waals surface area contributed by atoms with E-state index in [0.29, 0.717) is 0 Å². The summed E-state index contributed by atoms with van der Waals surface area (Å²) in [5.41, 5.74) is 4.81. The summed E-state index contributed by atoms with van der Waals surface area (Å²) in [6.45, 7) is 0. The fourth-order valence-corrected chi connectivity index (χ4v) is 1.29. The molecular formula is C10H11F3N2O2. The van der Waals surface area contributed by atoms with Gasteiger partial charge in [-0.1, -0.05) is 6.07 Å². The molecule has 94 valence electrons. The topological polar surface area (TPSA) is 55.6 Å². The molecule has 4 nitrogen and oxygen atoms in total. The summed E-state index contributed by atoms with van der Waals surface area (Å²) >= 11 is 0. The first-order valence-electron chi connectivity index (χ1n) is 4.58. The second-order valence-corrected chi connectivity index (χ2v) is 3.46. The molecule has 1 rings (SSSR count). The van der Waals surface area contributed by atoms with Crippen LogP contribution in [0.15, 0.2) is 18.2 Å².